The summed E-state index contributed by atoms with van der Waals surface area (Å²) in [5.74, 6) is 0. The van der Waals surface area contributed by atoms with Crippen LogP contribution in [0.1, 0.15) is 0 Å². The van der Waals surface area contributed by atoms with E-state index in [0.717, 1.165) is 0 Å². The minimum Gasteiger partial charge on any atom is -0.453 e. The van der Waals surface area contributed by atoms with Crippen molar-refractivity contribution in [2.24, 2.45) is 0 Å². The van der Waals surface area contributed by atoms with Crippen LogP contribution in [-0.4, -0.2) is 20.3 Å². The first-order valence-electron chi connectivity index (χ1n) is 1.57. The van der Waals surface area contributed by atoms with E-state index < -0.39 is 6.09 Å². The molecule has 3 nitrogen and oxygen atoms in total. The Morgan fingerprint density at radius 3 is 2.14 bits per heavy atom. The normalized spacial score (nSPS) is 6.00. The molecule has 4 heteroatoms. The van der Waals surface area contributed by atoms with Crippen molar-refractivity contribution in [3.8, 4) is 0 Å². The summed E-state index contributed by atoms with van der Waals surface area (Å²) in [6, 6.07) is 0. The van der Waals surface area contributed by atoms with Crippen molar-refractivity contribution < 1.29 is 26.0 Å². The molecule has 46 valence electrons. The Kier molecular flexibility index (Phi) is 8.15. The molecule has 0 unspecified atom stereocenters. The number of nitrogens with one attached hydrogen (secondary N) is 1. The molecular formula is C3H7NNiO2. The molecular weight excluding hydrogens is 141 g/mol. The van der Waals surface area contributed by atoms with Crippen LogP contribution in [0.15, 0.2) is 0 Å². The van der Waals surface area contributed by atoms with Gasteiger partial charge in [0.2, 0.25) is 0 Å². The number of rotatable bonds is 0. The average molecular weight is 148 g/mol. The summed E-state index contributed by atoms with van der Waals surface area (Å²) in [5, 5.41) is 2.25. The third kappa shape index (κ3) is 5.76. The summed E-state index contributed by atoms with van der Waals surface area (Å²) in [6.07, 6.45) is -0.407. The van der Waals surface area contributed by atoms with Crippen molar-refractivity contribution in [1.29, 1.82) is 0 Å². The van der Waals surface area contributed by atoms with Gasteiger partial charge in [-0.05, 0) is 0 Å². The van der Waals surface area contributed by atoms with E-state index in [1.165, 1.54) is 14.2 Å². The van der Waals surface area contributed by atoms with Gasteiger partial charge in [-0.3, -0.25) is 0 Å². The zero-order valence-electron chi connectivity index (χ0n) is 4.13. The molecule has 0 heterocycles. The van der Waals surface area contributed by atoms with Gasteiger partial charge in [0.1, 0.15) is 0 Å². The molecule has 0 radical (unpaired) electrons. The van der Waals surface area contributed by atoms with Gasteiger partial charge in [-0.2, -0.15) is 0 Å². The van der Waals surface area contributed by atoms with Crippen LogP contribution in [0.5, 0.6) is 0 Å². The van der Waals surface area contributed by atoms with E-state index in [9.17, 15) is 4.79 Å². The standard InChI is InChI=1S/C3H7NO2.Ni/c1-4-3(5)6-2;/h1-2H3,(H,4,5);. The molecule has 0 fully saturated rings. The van der Waals surface area contributed by atoms with Gasteiger partial charge in [-0.15, -0.1) is 0 Å². The second kappa shape index (κ2) is 5.76. The molecule has 0 aliphatic heterocycles. The number of carbonyl (C=O) groups is 1. The predicted molar refractivity (Wildman–Crippen MR) is 21.5 cm³/mol. The Morgan fingerprint density at radius 1 is 1.71 bits per heavy atom. The van der Waals surface area contributed by atoms with E-state index in [1.54, 1.807) is 0 Å². The minimum absolute atomic E-state index is 0. The molecule has 1 N–H and O–H groups in total. The second-order valence-electron chi connectivity index (χ2n) is 0.742. The zero-order valence-corrected chi connectivity index (χ0v) is 5.12. The molecule has 0 aliphatic rings. The van der Waals surface area contributed by atoms with Crippen LogP contribution in [-0.2, 0) is 21.2 Å². The maximum atomic E-state index is 9.85. The van der Waals surface area contributed by atoms with Gasteiger partial charge in [-0.1, -0.05) is 0 Å². The average Bonchev–Trinajstić information content (AvgIpc) is 1.65. The molecule has 0 atom stereocenters. The van der Waals surface area contributed by atoms with Crippen molar-refractivity contribution >= 4 is 6.09 Å². The van der Waals surface area contributed by atoms with E-state index in [0.29, 0.717) is 0 Å². The molecule has 7 heavy (non-hydrogen) atoms. The molecule has 0 aliphatic carbocycles. The third-order valence-electron chi connectivity index (χ3n) is 0.390. The number of hydrogen-bond acceptors (Lipinski definition) is 2. The second-order valence-corrected chi connectivity index (χ2v) is 0.742. The topological polar surface area (TPSA) is 38.3 Å². The zero-order chi connectivity index (χ0) is 4.99. The Morgan fingerprint density at radius 2 is 2.14 bits per heavy atom. The molecule has 0 spiro atoms. The molecule has 0 bridgehead atoms. The Hall–Kier alpha value is -0.236. The van der Waals surface area contributed by atoms with Crippen molar-refractivity contribution in [2.75, 3.05) is 14.2 Å². The number of methoxy groups -OCH3 is 1. The van der Waals surface area contributed by atoms with Crippen LogP contribution in [0.2, 0.25) is 0 Å². The minimum atomic E-state index is -0.407. The van der Waals surface area contributed by atoms with Crippen molar-refractivity contribution in [3.63, 3.8) is 0 Å². The monoisotopic (exact) mass is 147 g/mol. The number of ether oxygens (including phenoxy) is 1. The van der Waals surface area contributed by atoms with Crippen LogP contribution >= 0.6 is 0 Å². The van der Waals surface area contributed by atoms with Gasteiger partial charge < -0.3 is 10.1 Å². The van der Waals surface area contributed by atoms with Crippen molar-refractivity contribution in [2.45, 2.75) is 0 Å². The Labute approximate surface area is 52.3 Å². The Balaban J connectivity index is 0. The first-order chi connectivity index (χ1) is 2.81. The van der Waals surface area contributed by atoms with Crippen LogP contribution in [0.4, 0.5) is 4.79 Å². The van der Waals surface area contributed by atoms with Crippen molar-refractivity contribution in [3.05, 3.63) is 0 Å². The fourth-order valence-corrected chi connectivity index (χ4v) is 0.102. The number of hydrogen-bond donors (Lipinski definition) is 1. The molecule has 0 aromatic carbocycles. The van der Waals surface area contributed by atoms with Crippen LogP contribution in [0, 0.1) is 0 Å². The molecule has 0 aromatic heterocycles. The fraction of sp³-hybridized carbons (Fsp3) is 0.667. The summed E-state index contributed by atoms with van der Waals surface area (Å²) < 4.78 is 4.15. The van der Waals surface area contributed by atoms with Gasteiger partial charge in [-0.25, -0.2) is 4.79 Å². The summed E-state index contributed by atoms with van der Waals surface area (Å²) in [6.45, 7) is 0. The largest absolute Gasteiger partial charge is 0.453 e. The first-order valence-corrected chi connectivity index (χ1v) is 1.57. The quantitative estimate of drug-likeness (QED) is 0.489. The third-order valence-corrected chi connectivity index (χ3v) is 0.390. The fourth-order valence-electron chi connectivity index (χ4n) is 0.102. The van der Waals surface area contributed by atoms with E-state index in [1.807, 2.05) is 0 Å². The molecule has 1 amide bonds. The predicted octanol–water partition coefficient (Wildman–Crippen LogP) is -0.0303. The van der Waals surface area contributed by atoms with E-state index in [-0.39, 0.29) is 16.5 Å². The maximum Gasteiger partial charge on any atom is 0.406 e. The Bertz CT molecular complexity index is 50.9. The van der Waals surface area contributed by atoms with E-state index in [4.69, 9.17) is 0 Å². The van der Waals surface area contributed by atoms with E-state index in [2.05, 4.69) is 10.1 Å². The molecule has 0 saturated carbocycles. The van der Waals surface area contributed by atoms with Gasteiger partial charge in [0.05, 0.1) is 7.11 Å². The smallest absolute Gasteiger partial charge is 0.406 e. The molecule has 0 saturated heterocycles. The number of alkyl carbamates (subject to hydrolysis) is 1. The summed E-state index contributed by atoms with van der Waals surface area (Å²) in [4.78, 5) is 9.85. The number of carbonyl (C=O) groups excluding carboxylic acids is 1. The van der Waals surface area contributed by atoms with Gasteiger partial charge >= 0.3 is 6.09 Å². The summed E-state index contributed by atoms with van der Waals surface area (Å²) in [5.41, 5.74) is 0. The van der Waals surface area contributed by atoms with E-state index >= 15 is 0 Å². The van der Waals surface area contributed by atoms with Gasteiger partial charge in [0, 0.05) is 23.5 Å². The van der Waals surface area contributed by atoms with Gasteiger partial charge in [0.15, 0.2) is 0 Å². The SMILES string of the molecule is CNC(=O)OC.[Ni]. The first kappa shape index (κ1) is 9.90. The molecule has 0 aromatic rings. The van der Waals surface area contributed by atoms with Crippen LogP contribution < -0.4 is 5.32 Å². The maximum absolute atomic E-state index is 9.85. The number of amides is 1. The van der Waals surface area contributed by atoms with Crippen LogP contribution in [0.25, 0.3) is 0 Å². The van der Waals surface area contributed by atoms with Gasteiger partial charge in [0.25, 0.3) is 0 Å². The van der Waals surface area contributed by atoms with Crippen molar-refractivity contribution in [1.82, 2.24) is 5.32 Å². The van der Waals surface area contributed by atoms with Crippen LogP contribution in [0.3, 0.4) is 0 Å². The molecule has 0 rings (SSSR count). The summed E-state index contributed by atoms with van der Waals surface area (Å²) in [7, 11) is 2.82. The summed E-state index contributed by atoms with van der Waals surface area (Å²) >= 11 is 0.